The van der Waals surface area contributed by atoms with Crippen LogP contribution in [0.15, 0.2) is 48.2 Å². The summed E-state index contributed by atoms with van der Waals surface area (Å²) < 4.78 is 0. The predicted octanol–water partition coefficient (Wildman–Crippen LogP) is 4.50. The van der Waals surface area contributed by atoms with Crippen LogP contribution in [-0.2, 0) is 0 Å². The number of nitrogens with one attached hydrogen (secondary N) is 1. The van der Waals surface area contributed by atoms with E-state index in [2.05, 4.69) is 47.8 Å². The molecule has 0 saturated heterocycles. The largest absolute Gasteiger partial charge is 0.382 e. The van der Waals surface area contributed by atoms with Gasteiger partial charge in [0.25, 0.3) is 0 Å². The third-order valence-electron chi connectivity index (χ3n) is 4.78. The van der Waals surface area contributed by atoms with Gasteiger partial charge in [0, 0.05) is 11.7 Å². The zero-order chi connectivity index (χ0) is 12.9. The van der Waals surface area contributed by atoms with E-state index in [1.54, 1.807) is 0 Å². The Morgan fingerprint density at radius 3 is 2.53 bits per heavy atom. The van der Waals surface area contributed by atoms with Crippen LogP contribution in [0.5, 0.6) is 0 Å². The fourth-order valence-corrected chi connectivity index (χ4v) is 3.58. The fourth-order valence-electron chi connectivity index (χ4n) is 3.58. The first kappa shape index (κ1) is 12.8. The van der Waals surface area contributed by atoms with Gasteiger partial charge in [0.1, 0.15) is 0 Å². The second-order valence-corrected chi connectivity index (χ2v) is 6.11. The molecule has 1 nitrogen and oxygen atoms in total. The standard InChI is InChI=1S/C18H25N/c1-3-7-15(8-4-1)16-11-13-18(14-12-16)19-17-9-5-2-6-10-17/h1-3,5-6,9,13,15-17,19H,4,7-8,10-12,14H2. The Morgan fingerprint density at radius 2 is 1.84 bits per heavy atom. The lowest BCUT2D eigenvalue weighted by atomic mass is 9.76. The molecule has 0 aliphatic heterocycles. The number of allylic oxidation sites excluding steroid dienone is 6. The quantitative estimate of drug-likeness (QED) is 0.732. The molecule has 0 aromatic carbocycles. The molecule has 0 bridgehead atoms. The molecule has 102 valence electrons. The third kappa shape index (κ3) is 3.40. The number of hydrogen-bond donors (Lipinski definition) is 1. The summed E-state index contributed by atoms with van der Waals surface area (Å²) in [5.74, 6) is 1.87. The highest BCUT2D eigenvalue weighted by atomic mass is 14.9. The summed E-state index contributed by atoms with van der Waals surface area (Å²) in [5, 5.41) is 3.69. The van der Waals surface area contributed by atoms with E-state index in [0.717, 1.165) is 18.3 Å². The molecule has 19 heavy (non-hydrogen) atoms. The van der Waals surface area contributed by atoms with E-state index in [1.165, 1.54) is 44.2 Å². The molecule has 0 fully saturated rings. The lowest BCUT2D eigenvalue weighted by molar-refractivity contribution is 0.281. The van der Waals surface area contributed by atoms with Crippen LogP contribution in [0.3, 0.4) is 0 Å². The Bertz CT molecular complexity index is 413. The highest BCUT2D eigenvalue weighted by molar-refractivity contribution is 5.17. The minimum absolute atomic E-state index is 0.519. The molecule has 3 aliphatic rings. The SMILES string of the molecule is C1=CCC(NC2=CCC(C3CC=CCC3)CC2)C=C1. The van der Waals surface area contributed by atoms with Gasteiger partial charge in [-0.2, -0.15) is 0 Å². The van der Waals surface area contributed by atoms with Gasteiger partial charge in [-0.1, -0.05) is 42.5 Å². The zero-order valence-corrected chi connectivity index (χ0v) is 11.7. The average molecular weight is 255 g/mol. The Kier molecular flexibility index (Phi) is 4.22. The van der Waals surface area contributed by atoms with Crippen LogP contribution in [0, 0.1) is 11.8 Å². The first-order chi connectivity index (χ1) is 9.42. The van der Waals surface area contributed by atoms with Crippen LogP contribution in [0.2, 0.25) is 0 Å². The van der Waals surface area contributed by atoms with E-state index in [4.69, 9.17) is 0 Å². The van der Waals surface area contributed by atoms with Crippen molar-refractivity contribution in [2.24, 2.45) is 11.8 Å². The predicted molar refractivity (Wildman–Crippen MR) is 81.7 cm³/mol. The molecule has 3 aliphatic carbocycles. The fraction of sp³-hybridized carbons (Fsp3) is 0.556. The van der Waals surface area contributed by atoms with Crippen molar-refractivity contribution in [2.75, 3.05) is 0 Å². The van der Waals surface area contributed by atoms with Crippen LogP contribution in [0.25, 0.3) is 0 Å². The molecule has 1 heteroatoms. The lowest BCUT2D eigenvalue weighted by Crippen LogP contribution is -2.29. The second-order valence-electron chi connectivity index (χ2n) is 6.11. The van der Waals surface area contributed by atoms with Gasteiger partial charge < -0.3 is 5.32 Å². The van der Waals surface area contributed by atoms with E-state index in [9.17, 15) is 0 Å². The topological polar surface area (TPSA) is 12.0 Å². The molecule has 0 heterocycles. The molecule has 3 rings (SSSR count). The highest BCUT2D eigenvalue weighted by Gasteiger charge is 2.24. The second kappa shape index (κ2) is 6.27. The third-order valence-corrected chi connectivity index (χ3v) is 4.78. The van der Waals surface area contributed by atoms with Gasteiger partial charge in [-0.3, -0.25) is 0 Å². The summed E-state index contributed by atoms with van der Waals surface area (Å²) in [5.41, 5.74) is 1.48. The summed E-state index contributed by atoms with van der Waals surface area (Å²) in [6.45, 7) is 0. The summed E-state index contributed by atoms with van der Waals surface area (Å²) in [6.07, 6.45) is 25.1. The molecule has 0 spiro atoms. The Balaban J connectivity index is 1.50. The maximum atomic E-state index is 3.69. The number of rotatable bonds is 3. The maximum absolute atomic E-state index is 3.69. The summed E-state index contributed by atoms with van der Waals surface area (Å²) >= 11 is 0. The van der Waals surface area contributed by atoms with Gasteiger partial charge >= 0.3 is 0 Å². The van der Waals surface area contributed by atoms with Crippen molar-refractivity contribution in [1.29, 1.82) is 0 Å². The molecule has 0 aromatic rings. The van der Waals surface area contributed by atoms with E-state index >= 15 is 0 Å². The van der Waals surface area contributed by atoms with E-state index in [1.807, 2.05) is 0 Å². The van der Waals surface area contributed by atoms with Crippen LogP contribution in [0.1, 0.15) is 44.9 Å². The average Bonchev–Trinajstić information content (AvgIpc) is 2.50. The summed E-state index contributed by atoms with van der Waals surface area (Å²) in [6, 6.07) is 0.519. The van der Waals surface area contributed by atoms with Crippen LogP contribution in [0.4, 0.5) is 0 Å². The molecule has 1 N–H and O–H groups in total. The number of hydrogen-bond acceptors (Lipinski definition) is 1. The molecule has 0 aromatic heterocycles. The first-order valence-corrected chi connectivity index (χ1v) is 7.86. The van der Waals surface area contributed by atoms with Crippen LogP contribution >= 0.6 is 0 Å². The van der Waals surface area contributed by atoms with Gasteiger partial charge in [0.2, 0.25) is 0 Å². The monoisotopic (exact) mass is 255 g/mol. The van der Waals surface area contributed by atoms with Crippen molar-refractivity contribution >= 4 is 0 Å². The van der Waals surface area contributed by atoms with Crippen molar-refractivity contribution in [3.63, 3.8) is 0 Å². The summed E-state index contributed by atoms with van der Waals surface area (Å²) in [7, 11) is 0. The van der Waals surface area contributed by atoms with E-state index in [-0.39, 0.29) is 0 Å². The maximum Gasteiger partial charge on any atom is 0.0478 e. The van der Waals surface area contributed by atoms with Gasteiger partial charge in [0.15, 0.2) is 0 Å². The van der Waals surface area contributed by atoms with Gasteiger partial charge in [0.05, 0.1) is 0 Å². The zero-order valence-electron chi connectivity index (χ0n) is 11.7. The molecule has 0 radical (unpaired) electrons. The molecular weight excluding hydrogens is 230 g/mol. The lowest BCUT2D eigenvalue weighted by Gasteiger charge is -2.31. The van der Waals surface area contributed by atoms with Crippen LogP contribution < -0.4 is 5.32 Å². The van der Waals surface area contributed by atoms with Crippen molar-refractivity contribution < 1.29 is 0 Å². The molecule has 3 atom stereocenters. The van der Waals surface area contributed by atoms with Crippen molar-refractivity contribution in [3.05, 3.63) is 48.2 Å². The minimum Gasteiger partial charge on any atom is -0.382 e. The van der Waals surface area contributed by atoms with Gasteiger partial charge in [-0.25, -0.2) is 0 Å². The Labute approximate surface area is 117 Å². The normalized spacial score (nSPS) is 34.1. The smallest absolute Gasteiger partial charge is 0.0478 e. The van der Waals surface area contributed by atoms with Crippen molar-refractivity contribution in [3.8, 4) is 0 Å². The first-order valence-electron chi connectivity index (χ1n) is 7.86. The van der Waals surface area contributed by atoms with Gasteiger partial charge in [-0.15, -0.1) is 0 Å². The van der Waals surface area contributed by atoms with E-state index < -0.39 is 0 Å². The Morgan fingerprint density at radius 1 is 0.895 bits per heavy atom. The molecule has 0 saturated carbocycles. The van der Waals surface area contributed by atoms with Crippen LogP contribution in [-0.4, -0.2) is 6.04 Å². The molecular formula is C18H25N. The molecule has 0 amide bonds. The van der Waals surface area contributed by atoms with Crippen molar-refractivity contribution in [1.82, 2.24) is 5.32 Å². The van der Waals surface area contributed by atoms with Gasteiger partial charge in [-0.05, 0) is 56.8 Å². The summed E-state index contributed by atoms with van der Waals surface area (Å²) in [4.78, 5) is 0. The molecule has 3 unspecified atom stereocenters. The highest BCUT2D eigenvalue weighted by Crippen LogP contribution is 2.35. The van der Waals surface area contributed by atoms with E-state index in [0.29, 0.717) is 6.04 Å². The Hall–Kier alpha value is -1.24. The minimum atomic E-state index is 0.519. The van der Waals surface area contributed by atoms with Crippen molar-refractivity contribution in [2.45, 2.75) is 51.0 Å².